The molecule has 3 rings (SSSR count). The molecule has 0 radical (unpaired) electrons. The van der Waals surface area contributed by atoms with E-state index in [2.05, 4.69) is 11.4 Å². The first-order valence-corrected chi connectivity index (χ1v) is 7.79. The van der Waals surface area contributed by atoms with Crippen molar-refractivity contribution in [2.24, 2.45) is 11.8 Å². The zero-order valence-corrected chi connectivity index (χ0v) is 12.2. The molecule has 0 spiro atoms. The fourth-order valence-electron chi connectivity index (χ4n) is 3.66. The maximum atomic E-state index is 10.0. The van der Waals surface area contributed by atoms with Gasteiger partial charge in [0, 0.05) is 12.6 Å². The molecule has 2 aliphatic carbocycles. The van der Waals surface area contributed by atoms with Gasteiger partial charge >= 0.3 is 0 Å². The standard InChI is InChI=1S/C17H22N2O2/c18-9-12-2-5-16(6-3-12)21-11-15(20)10-19-17-8-13-1-4-14(17)7-13/h2-3,5-6,13-15,17,19-20H,1,4,7-8,10-11H2. The van der Waals surface area contributed by atoms with Gasteiger partial charge in [-0.1, -0.05) is 6.42 Å². The van der Waals surface area contributed by atoms with Crippen LogP contribution < -0.4 is 10.1 Å². The van der Waals surface area contributed by atoms with Gasteiger partial charge in [0.05, 0.1) is 11.6 Å². The van der Waals surface area contributed by atoms with E-state index in [0.717, 1.165) is 11.8 Å². The molecule has 4 nitrogen and oxygen atoms in total. The average Bonchev–Trinajstić information content (AvgIpc) is 3.14. The maximum absolute atomic E-state index is 10.0. The molecule has 2 fully saturated rings. The lowest BCUT2D eigenvalue weighted by Gasteiger charge is -2.24. The molecule has 0 amide bonds. The van der Waals surface area contributed by atoms with Crippen LogP contribution in [0.1, 0.15) is 31.2 Å². The average molecular weight is 286 g/mol. The summed E-state index contributed by atoms with van der Waals surface area (Å²) in [5, 5.41) is 22.2. The molecule has 1 aromatic rings. The van der Waals surface area contributed by atoms with Gasteiger partial charge < -0.3 is 15.2 Å². The first-order chi connectivity index (χ1) is 10.2. The highest BCUT2D eigenvalue weighted by Crippen LogP contribution is 2.44. The van der Waals surface area contributed by atoms with Gasteiger partial charge in [-0.2, -0.15) is 5.26 Å². The molecule has 0 heterocycles. The molecule has 2 aliphatic rings. The Kier molecular flexibility index (Phi) is 4.42. The van der Waals surface area contributed by atoms with E-state index in [1.807, 2.05) is 0 Å². The van der Waals surface area contributed by atoms with E-state index in [4.69, 9.17) is 10.00 Å². The van der Waals surface area contributed by atoms with Crippen LogP contribution in [-0.4, -0.2) is 30.4 Å². The van der Waals surface area contributed by atoms with Gasteiger partial charge in [0.25, 0.3) is 0 Å². The summed E-state index contributed by atoms with van der Waals surface area (Å²) in [7, 11) is 0. The monoisotopic (exact) mass is 286 g/mol. The van der Waals surface area contributed by atoms with E-state index < -0.39 is 6.10 Å². The highest BCUT2D eigenvalue weighted by molar-refractivity contribution is 5.34. The lowest BCUT2D eigenvalue weighted by molar-refractivity contribution is 0.101. The first kappa shape index (κ1) is 14.4. The second-order valence-electron chi connectivity index (χ2n) is 6.29. The highest BCUT2D eigenvalue weighted by Gasteiger charge is 2.39. The molecule has 0 saturated heterocycles. The van der Waals surface area contributed by atoms with E-state index in [9.17, 15) is 5.11 Å². The van der Waals surface area contributed by atoms with E-state index >= 15 is 0 Å². The summed E-state index contributed by atoms with van der Waals surface area (Å²) in [6.45, 7) is 0.865. The van der Waals surface area contributed by atoms with Crippen molar-refractivity contribution in [2.75, 3.05) is 13.2 Å². The van der Waals surface area contributed by atoms with Crippen LogP contribution in [0.3, 0.4) is 0 Å². The van der Waals surface area contributed by atoms with Crippen molar-refractivity contribution < 1.29 is 9.84 Å². The summed E-state index contributed by atoms with van der Waals surface area (Å²) < 4.78 is 5.55. The summed E-state index contributed by atoms with van der Waals surface area (Å²) in [5.41, 5.74) is 0.612. The van der Waals surface area contributed by atoms with Crippen LogP contribution in [0.25, 0.3) is 0 Å². The SMILES string of the molecule is N#Cc1ccc(OCC(O)CNC2CC3CCC2C3)cc1. The summed E-state index contributed by atoms with van der Waals surface area (Å²) in [4.78, 5) is 0. The number of rotatable bonds is 6. The Morgan fingerprint density at radius 2 is 2.10 bits per heavy atom. The van der Waals surface area contributed by atoms with Crippen molar-refractivity contribution in [3.63, 3.8) is 0 Å². The molecule has 0 aromatic heterocycles. The van der Waals surface area contributed by atoms with Gasteiger partial charge in [0.15, 0.2) is 0 Å². The number of nitrogens with one attached hydrogen (secondary N) is 1. The van der Waals surface area contributed by atoms with Crippen LogP contribution in [-0.2, 0) is 0 Å². The summed E-state index contributed by atoms with van der Waals surface area (Å²) in [6, 6.07) is 9.61. The third-order valence-corrected chi connectivity index (χ3v) is 4.78. The normalized spacial score (nSPS) is 28.3. The Balaban J connectivity index is 1.38. The van der Waals surface area contributed by atoms with Crippen LogP contribution in [0.15, 0.2) is 24.3 Å². The zero-order chi connectivity index (χ0) is 14.7. The number of nitriles is 1. The molecule has 2 N–H and O–H groups in total. The van der Waals surface area contributed by atoms with Gasteiger partial charge in [0.1, 0.15) is 18.5 Å². The molecule has 2 saturated carbocycles. The number of fused-ring (bicyclic) bond motifs is 2. The summed E-state index contributed by atoms with van der Waals surface area (Å²) in [5.74, 6) is 2.43. The third-order valence-electron chi connectivity index (χ3n) is 4.78. The number of ether oxygens (including phenoxy) is 1. The molecule has 2 bridgehead atoms. The maximum Gasteiger partial charge on any atom is 0.119 e. The van der Waals surface area contributed by atoms with Crippen molar-refractivity contribution in [1.29, 1.82) is 5.26 Å². The predicted molar refractivity (Wildman–Crippen MR) is 79.9 cm³/mol. The second kappa shape index (κ2) is 6.46. The van der Waals surface area contributed by atoms with Crippen molar-refractivity contribution in [1.82, 2.24) is 5.32 Å². The quantitative estimate of drug-likeness (QED) is 0.840. The Hall–Kier alpha value is -1.57. The smallest absolute Gasteiger partial charge is 0.119 e. The van der Waals surface area contributed by atoms with Crippen LogP contribution in [0, 0.1) is 23.2 Å². The molecule has 0 aliphatic heterocycles. The van der Waals surface area contributed by atoms with Crippen molar-refractivity contribution in [3.8, 4) is 11.8 Å². The third kappa shape index (κ3) is 3.55. The van der Waals surface area contributed by atoms with Gasteiger partial charge in [-0.25, -0.2) is 0 Å². The van der Waals surface area contributed by atoms with E-state index in [-0.39, 0.29) is 6.61 Å². The number of nitrogens with zero attached hydrogens (tertiary/aromatic N) is 1. The minimum Gasteiger partial charge on any atom is -0.491 e. The second-order valence-corrected chi connectivity index (χ2v) is 6.29. The molecule has 1 aromatic carbocycles. The predicted octanol–water partition coefficient (Wildman–Crippen LogP) is 2.08. The topological polar surface area (TPSA) is 65.3 Å². The molecule has 21 heavy (non-hydrogen) atoms. The Morgan fingerprint density at radius 3 is 2.71 bits per heavy atom. The van der Waals surface area contributed by atoms with Crippen molar-refractivity contribution >= 4 is 0 Å². The van der Waals surface area contributed by atoms with E-state index in [0.29, 0.717) is 23.9 Å². The molecular weight excluding hydrogens is 264 g/mol. The number of benzene rings is 1. The van der Waals surface area contributed by atoms with Crippen LogP contribution in [0.5, 0.6) is 5.75 Å². The lowest BCUT2D eigenvalue weighted by atomic mass is 9.95. The number of aliphatic hydroxyl groups excluding tert-OH is 1. The van der Waals surface area contributed by atoms with Crippen LogP contribution >= 0.6 is 0 Å². The van der Waals surface area contributed by atoms with Gasteiger partial charge in [-0.05, 0) is 55.4 Å². The molecule has 112 valence electrons. The Morgan fingerprint density at radius 1 is 1.29 bits per heavy atom. The minimum atomic E-state index is -0.500. The van der Waals surface area contributed by atoms with Gasteiger partial charge in [-0.15, -0.1) is 0 Å². The van der Waals surface area contributed by atoms with Gasteiger partial charge in [-0.3, -0.25) is 0 Å². The van der Waals surface area contributed by atoms with Gasteiger partial charge in [0.2, 0.25) is 0 Å². The summed E-state index contributed by atoms with van der Waals surface area (Å²) in [6.07, 6.45) is 4.89. The molecule has 4 heteroatoms. The zero-order valence-electron chi connectivity index (χ0n) is 12.2. The fourth-order valence-corrected chi connectivity index (χ4v) is 3.66. The fraction of sp³-hybridized carbons (Fsp3) is 0.588. The van der Waals surface area contributed by atoms with E-state index in [1.165, 1.54) is 25.7 Å². The molecule has 4 atom stereocenters. The lowest BCUT2D eigenvalue weighted by Crippen LogP contribution is -2.40. The Bertz CT molecular complexity index is 509. The van der Waals surface area contributed by atoms with Crippen molar-refractivity contribution in [3.05, 3.63) is 29.8 Å². The largest absolute Gasteiger partial charge is 0.491 e. The number of aliphatic hydroxyl groups is 1. The Labute approximate surface area is 125 Å². The first-order valence-electron chi connectivity index (χ1n) is 7.79. The molecular formula is C17H22N2O2. The van der Waals surface area contributed by atoms with Crippen molar-refractivity contribution in [2.45, 2.75) is 37.8 Å². The number of hydrogen-bond donors (Lipinski definition) is 2. The highest BCUT2D eigenvalue weighted by atomic mass is 16.5. The van der Waals surface area contributed by atoms with Crippen LogP contribution in [0.4, 0.5) is 0 Å². The summed E-state index contributed by atoms with van der Waals surface area (Å²) >= 11 is 0. The number of hydrogen-bond acceptors (Lipinski definition) is 4. The van der Waals surface area contributed by atoms with Crippen LogP contribution in [0.2, 0.25) is 0 Å². The molecule has 4 unspecified atom stereocenters. The minimum absolute atomic E-state index is 0.277. The van der Waals surface area contributed by atoms with E-state index in [1.54, 1.807) is 24.3 Å².